The van der Waals surface area contributed by atoms with E-state index in [1.807, 2.05) is 24.4 Å². The van der Waals surface area contributed by atoms with Crippen LogP contribution in [0.25, 0.3) is 16.6 Å². The van der Waals surface area contributed by atoms with E-state index in [1.165, 1.54) is 23.1 Å². The molecule has 0 bridgehead atoms. The molecule has 11 heteroatoms. The molecular weight excluding hydrogens is 555 g/mol. The highest BCUT2D eigenvalue weighted by Gasteiger charge is 2.62. The van der Waals surface area contributed by atoms with Crippen LogP contribution < -0.4 is 0 Å². The molecule has 1 saturated heterocycles. The molecule has 3 atom stereocenters. The second kappa shape index (κ2) is 9.55. The Morgan fingerprint density at radius 1 is 1.02 bits per heavy atom. The Balaban J connectivity index is 1.36. The van der Waals surface area contributed by atoms with Gasteiger partial charge < -0.3 is 4.74 Å². The molecule has 5 aromatic rings. The molecule has 3 aromatic carbocycles. The minimum atomic E-state index is -3.85. The molecule has 0 amide bonds. The SMILES string of the molecule is CO[C@]1(c2ccccc2)C[C@@H]2CN(S(=O)(=O)c3cnn(C)n3)C[C@]2(c2cc3cnn(-c4ccc(F)cc4)c3cc2C)C1. The number of methoxy groups -OCH3 is 1. The van der Waals surface area contributed by atoms with Crippen molar-refractivity contribution in [2.75, 3.05) is 20.2 Å². The summed E-state index contributed by atoms with van der Waals surface area (Å²) in [4.78, 5) is 1.27. The molecule has 0 N–H and O–H groups in total. The molecule has 1 aliphatic carbocycles. The molecule has 1 saturated carbocycles. The van der Waals surface area contributed by atoms with Crippen molar-refractivity contribution >= 4 is 20.9 Å². The predicted molar refractivity (Wildman–Crippen MR) is 155 cm³/mol. The Morgan fingerprint density at radius 3 is 2.48 bits per heavy atom. The zero-order valence-corrected chi connectivity index (χ0v) is 24.4. The number of hydrogen-bond acceptors (Lipinski definition) is 6. The van der Waals surface area contributed by atoms with Gasteiger partial charge in [0.2, 0.25) is 5.03 Å². The third kappa shape index (κ3) is 4.02. The Kier molecular flexibility index (Phi) is 6.12. The van der Waals surface area contributed by atoms with Crippen molar-refractivity contribution in [1.29, 1.82) is 0 Å². The van der Waals surface area contributed by atoms with Crippen LogP contribution in [0.3, 0.4) is 0 Å². The summed E-state index contributed by atoms with van der Waals surface area (Å²) in [6.07, 6.45) is 4.41. The maximum Gasteiger partial charge on any atom is 0.264 e. The molecule has 2 aromatic heterocycles. The molecular formula is C31H31FN6O3S. The van der Waals surface area contributed by atoms with Crippen LogP contribution in [0.5, 0.6) is 0 Å². The molecule has 0 unspecified atom stereocenters. The van der Waals surface area contributed by atoms with E-state index in [4.69, 9.17) is 4.74 Å². The molecule has 0 radical (unpaired) electrons. The monoisotopic (exact) mass is 586 g/mol. The Labute approximate surface area is 243 Å². The van der Waals surface area contributed by atoms with Gasteiger partial charge in [0, 0.05) is 38.0 Å². The third-order valence-corrected chi connectivity index (χ3v) is 10.9. The fourth-order valence-corrected chi connectivity index (χ4v) is 8.71. The van der Waals surface area contributed by atoms with Gasteiger partial charge in [0.1, 0.15) is 5.82 Å². The lowest BCUT2D eigenvalue weighted by molar-refractivity contribution is -0.0183. The number of aromatic nitrogens is 5. The predicted octanol–water partition coefficient (Wildman–Crippen LogP) is 4.50. The summed E-state index contributed by atoms with van der Waals surface area (Å²) in [5.74, 6) is -0.310. The van der Waals surface area contributed by atoms with Crippen molar-refractivity contribution in [1.82, 2.24) is 29.1 Å². The first-order chi connectivity index (χ1) is 20.1. The van der Waals surface area contributed by atoms with E-state index in [1.54, 1.807) is 35.3 Å². The summed E-state index contributed by atoms with van der Waals surface area (Å²) in [6, 6.07) is 20.7. The minimum Gasteiger partial charge on any atom is -0.373 e. The molecule has 7 rings (SSSR count). The molecule has 0 spiro atoms. The quantitative estimate of drug-likeness (QED) is 0.291. The second-order valence-corrected chi connectivity index (χ2v) is 13.4. The summed E-state index contributed by atoms with van der Waals surface area (Å²) in [6.45, 7) is 2.72. The minimum absolute atomic E-state index is 0.00704. The van der Waals surface area contributed by atoms with Crippen LogP contribution in [0, 0.1) is 18.7 Å². The first-order valence-electron chi connectivity index (χ1n) is 13.9. The van der Waals surface area contributed by atoms with Crippen LogP contribution in [-0.4, -0.2) is 57.7 Å². The van der Waals surface area contributed by atoms with Crippen LogP contribution in [-0.2, 0) is 32.8 Å². The number of rotatable bonds is 6. The van der Waals surface area contributed by atoms with Crippen molar-refractivity contribution in [2.24, 2.45) is 13.0 Å². The fourth-order valence-electron chi connectivity index (χ4n) is 7.27. The van der Waals surface area contributed by atoms with Gasteiger partial charge in [0.15, 0.2) is 0 Å². The average molecular weight is 587 g/mol. The largest absolute Gasteiger partial charge is 0.373 e. The Morgan fingerprint density at radius 2 is 1.79 bits per heavy atom. The maximum atomic E-state index is 13.8. The summed E-state index contributed by atoms with van der Waals surface area (Å²) in [7, 11) is -0.498. The number of benzene rings is 3. The summed E-state index contributed by atoms with van der Waals surface area (Å²) < 4.78 is 50.9. The van der Waals surface area contributed by atoms with Gasteiger partial charge in [-0.1, -0.05) is 30.3 Å². The van der Waals surface area contributed by atoms with Gasteiger partial charge in [-0.15, -0.1) is 5.10 Å². The molecule has 3 heterocycles. The van der Waals surface area contributed by atoms with Gasteiger partial charge in [-0.2, -0.15) is 19.3 Å². The summed E-state index contributed by atoms with van der Waals surface area (Å²) in [5.41, 5.74) is 3.80. The Hall–Kier alpha value is -3.93. The van der Waals surface area contributed by atoms with Gasteiger partial charge in [-0.25, -0.2) is 17.5 Å². The number of halogens is 1. The first kappa shape index (κ1) is 26.9. The lowest BCUT2D eigenvalue weighted by atomic mass is 9.72. The average Bonchev–Trinajstić information content (AvgIpc) is 3.75. The number of nitrogens with zero attached hydrogens (tertiary/aromatic N) is 6. The van der Waals surface area contributed by atoms with E-state index in [0.29, 0.717) is 25.9 Å². The maximum absolute atomic E-state index is 13.8. The number of aryl methyl sites for hydroxylation is 2. The van der Waals surface area contributed by atoms with Gasteiger partial charge in [-0.05, 0) is 78.8 Å². The van der Waals surface area contributed by atoms with Crippen LogP contribution in [0.2, 0.25) is 0 Å². The standard InChI is InChI=1S/C31H31FN6O3S/c1-21-13-28-22(16-34-38(28)26-11-9-25(32)10-12-26)14-27(21)30-19-31(41-3,23-7-5-4-6-8-23)15-24(30)18-37(20-30)42(39,40)29-17-33-36(2)35-29/h4-14,16-17,24H,15,18-20H2,1-3H3/t24-,30-,31-/m1/s1. The van der Waals surface area contributed by atoms with E-state index in [9.17, 15) is 12.8 Å². The first-order valence-corrected chi connectivity index (χ1v) is 15.3. The van der Waals surface area contributed by atoms with Crippen molar-refractivity contribution in [3.05, 3.63) is 102 Å². The zero-order valence-electron chi connectivity index (χ0n) is 23.6. The highest BCUT2D eigenvalue weighted by Crippen LogP contribution is 2.60. The van der Waals surface area contributed by atoms with Crippen molar-refractivity contribution in [2.45, 2.75) is 35.8 Å². The Bertz CT molecular complexity index is 1910. The number of sulfonamides is 1. The summed E-state index contributed by atoms with van der Waals surface area (Å²) >= 11 is 0. The van der Waals surface area contributed by atoms with E-state index in [2.05, 4.69) is 46.5 Å². The van der Waals surface area contributed by atoms with Crippen molar-refractivity contribution in [3.8, 4) is 5.69 Å². The molecule has 42 heavy (non-hydrogen) atoms. The van der Waals surface area contributed by atoms with E-state index in [0.717, 1.165) is 33.3 Å². The fraction of sp³-hybridized carbons (Fsp3) is 0.323. The lowest BCUT2D eigenvalue weighted by Crippen LogP contribution is -2.38. The van der Waals surface area contributed by atoms with Gasteiger partial charge >= 0.3 is 0 Å². The van der Waals surface area contributed by atoms with E-state index in [-0.39, 0.29) is 16.8 Å². The number of ether oxygens (including phenoxy) is 1. The van der Waals surface area contributed by atoms with Crippen molar-refractivity contribution in [3.63, 3.8) is 0 Å². The topological polar surface area (TPSA) is 95.1 Å². The smallest absolute Gasteiger partial charge is 0.264 e. The van der Waals surface area contributed by atoms with Gasteiger partial charge in [0.25, 0.3) is 10.0 Å². The molecule has 1 aliphatic heterocycles. The van der Waals surface area contributed by atoms with E-state index >= 15 is 0 Å². The van der Waals surface area contributed by atoms with Crippen molar-refractivity contribution < 1.29 is 17.5 Å². The third-order valence-electron chi connectivity index (χ3n) is 9.24. The van der Waals surface area contributed by atoms with Gasteiger partial charge in [-0.3, -0.25) is 0 Å². The second-order valence-electron chi connectivity index (χ2n) is 11.5. The van der Waals surface area contributed by atoms with Crippen LogP contribution in [0.15, 0.2) is 84.1 Å². The van der Waals surface area contributed by atoms with Crippen LogP contribution in [0.4, 0.5) is 4.39 Å². The highest BCUT2D eigenvalue weighted by molar-refractivity contribution is 7.89. The van der Waals surface area contributed by atoms with Crippen LogP contribution >= 0.6 is 0 Å². The molecule has 2 aliphatic rings. The molecule has 216 valence electrons. The zero-order chi connectivity index (χ0) is 29.3. The highest BCUT2D eigenvalue weighted by atomic mass is 32.2. The number of fused-ring (bicyclic) bond motifs is 2. The van der Waals surface area contributed by atoms with E-state index < -0.39 is 21.0 Å². The number of hydrogen-bond donors (Lipinski definition) is 0. The molecule has 9 nitrogen and oxygen atoms in total. The summed E-state index contributed by atoms with van der Waals surface area (Å²) in [5, 5.41) is 13.6. The van der Waals surface area contributed by atoms with Gasteiger partial charge in [0.05, 0.1) is 29.2 Å². The van der Waals surface area contributed by atoms with Crippen LogP contribution in [0.1, 0.15) is 29.5 Å². The normalized spacial score (nSPS) is 24.4. The molecule has 2 fully saturated rings. The lowest BCUT2D eigenvalue weighted by Gasteiger charge is -2.35.